The minimum absolute atomic E-state index is 0.0262. The van der Waals surface area contributed by atoms with Crippen molar-refractivity contribution < 1.29 is 36.2 Å². The number of carbonyl (C=O) groups is 1. The molecule has 0 radical (unpaired) electrons. The summed E-state index contributed by atoms with van der Waals surface area (Å²) in [6.45, 7) is 4.25. The number of carboxylic acids is 1. The summed E-state index contributed by atoms with van der Waals surface area (Å²) < 4.78 is 79.1. The van der Waals surface area contributed by atoms with Crippen LogP contribution in [-0.2, 0) is 17.1 Å². The molecule has 30 heavy (non-hydrogen) atoms. The molecule has 1 aromatic carbocycles. The van der Waals surface area contributed by atoms with Crippen LogP contribution in [0.3, 0.4) is 0 Å². The fourth-order valence-electron chi connectivity index (χ4n) is 4.31. The van der Waals surface area contributed by atoms with Gasteiger partial charge in [0.15, 0.2) is 0 Å². The fraction of sp³-hybridized carbons (Fsp3) is 0.667. The molecule has 9 heteroatoms. The van der Waals surface area contributed by atoms with Gasteiger partial charge in [-0.2, -0.15) is 26.3 Å². The molecular formula is C21H27F6NO2. The lowest BCUT2D eigenvalue weighted by molar-refractivity contribution is -0.143. The fourth-order valence-corrected chi connectivity index (χ4v) is 4.31. The molecule has 1 saturated carbocycles. The lowest BCUT2D eigenvalue weighted by Gasteiger charge is -2.37. The van der Waals surface area contributed by atoms with Gasteiger partial charge in [0.05, 0.1) is 11.1 Å². The second-order valence-corrected chi connectivity index (χ2v) is 8.01. The molecule has 3 unspecified atom stereocenters. The second kappa shape index (κ2) is 9.58. The summed E-state index contributed by atoms with van der Waals surface area (Å²) in [7, 11) is 0. The van der Waals surface area contributed by atoms with E-state index in [0.29, 0.717) is 13.1 Å². The number of aliphatic carboxylic acids is 1. The summed E-state index contributed by atoms with van der Waals surface area (Å²) in [5.41, 5.74) is -2.70. The first kappa shape index (κ1) is 24.5. The Morgan fingerprint density at radius 2 is 1.53 bits per heavy atom. The van der Waals surface area contributed by atoms with Crippen molar-refractivity contribution in [2.75, 3.05) is 13.1 Å². The molecule has 170 valence electrons. The maximum atomic E-state index is 13.2. The van der Waals surface area contributed by atoms with Gasteiger partial charge in [-0.1, -0.05) is 19.8 Å². The van der Waals surface area contributed by atoms with Crippen LogP contribution in [0, 0.1) is 11.8 Å². The van der Waals surface area contributed by atoms with Crippen molar-refractivity contribution in [2.45, 2.75) is 64.3 Å². The molecular weight excluding hydrogens is 412 g/mol. The van der Waals surface area contributed by atoms with Gasteiger partial charge in [-0.25, -0.2) is 0 Å². The summed E-state index contributed by atoms with van der Waals surface area (Å²) in [6.07, 6.45) is -6.31. The van der Waals surface area contributed by atoms with Gasteiger partial charge in [0.2, 0.25) is 0 Å². The Morgan fingerprint density at radius 3 is 1.97 bits per heavy atom. The maximum Gasteiger partial charge on any atom is 0.416 e. The Labute approximate surface area is 172 Å². The van der Waals surface area contributed by atoms with E-state index in [4.69, 9.17) is 5.11 Å². The van der Waals surface area contributed by atoms with Crippen LogP contribution in [0.25, 0.3) is 0 Å². The molecule has 1 aromatic rings. The van der Waals surface area contributed by atoms with E-state index in [1.807, 2.05) is 4.90 Å². The van der Waals surface area contributed by atoms with Gasteiger partial charge in [0, 0.05) is 19.0 Å². The van der Waals surface area contributed by atoms with Crippen LogP contribution in [0.15, 0.2) is 18.2 Å². The van der Waals surface area contributed by atoms with Crippen LogP contribution < -0.4 is 0 Å². The molecule has 0 bridgehead atoms. The molecule has 1 aliphatic rings. The van der Waals surface area contributed by atoms with Crippen molar-refractivity contribution in [3.63, 3.8) is 0 Å². The lowest BCUT2D eigenvalue weighted by atomic mass is 9.77. The molecule has 0 spiro atoms. The van der Waals surface area contributed by atoms with Gasteiger partial charge in [-0.05, 0) is 61.9 Å². The average Bonchev–Trinajstić information content (AvgIpc) is 2.64. The van der Waals surface area contributed by atoms with E-state index in [-0.39, 0.29) is 29.9 Å². The lowest BCUT2D eigenvalue weighted by Crippen LogP contribution is -2.37. The Bertz CT molecular complexity index is 699. The third-order valence-corrected chi connectivity index (χ3v) is 6.02. The predicted octanol–water partition coefficient (Wildman–Crippen LogP) is 6.39. The standard InChI is InChI=1S/C21H27F6NO2/c1-3-28(12-15-7-5-4-6-14(15)10-19(29)30)13(2)16-8-17(20(22,23)24)11-18(9-16)21(25,26)27/h8-9,11,13-15H,3-7,10,12H2,1-2H3,(H,29,30). The second-order valence-electron chi connectivity index (χ2n) is 8.01. The summed E-state index contributed by atoms with van der Waals surface area (Å²) in [6, 6.07) is 1.01. The van der Waals surface area contributed by atoms with Crippen LogP contribution in [0.4, 0.5) is 26.3 Å². The SMILES string of the molecule is CCN(CC1CCCCC1CC(=O)O)C(C)c1cc(C(F)(F)F)cc(C(F)(F)F)c1. The molecule has 0 saturated heterocycles. The summed E-state index contributed by atoms with van der Waals surface area (Å²) >= 11 is 0. The molecule has 3 nitrogen and oxygen atoms in total. The van der Waals surface area contributed by atoms with Gasteiger partial charge < -0.3 is 5.11 Å². The van der Waals surface area contributed by atoms with Gasteiger partial charge in [0.25, 0.3) is 0 Å². The minimum atomic E-state index is -4.89. The highest BCUT2D eigenvalue weighted by Gasteiger charge is 2.38. The minimum Gasteiger partial charge on any atom is -0.481 e. The monoisotopic (exact) mass is 439 g/mol. The molecule has 3 atom stereocenters. The van der Waals surface area contributed by atoms with Crippen molar-refractivity contribution >= 4 is 5.97 Å². The first-order chi connectivity index (χ1) is 13.8. The van der Waals surface area contributed by atoms with E-state index in [9.17, 15) is 31.1 Å². The van der Waals surface area contributed by atoms with Gasteiger partial charge in [-0.15, -0.1) is 0 Å². The Morgan fingerprint density at radius 1 is 1.03 bits per heavy atom. The zero-order valence-corrected chi connectivity index (χ0v) is 17.0. The molecule has 0 heterocycles. The number of hydrogen-bond acceptors (Lipinski definition) is 2. The molecule has 0 amide bonds. The molecule has 0 aromatic heterocycles. The highest BCUT2D eigenvalue weighted by molar-refractivity contribution is 5.67. The maximum absolute atomic E-state index is 13.2. The predicted molar refractivity (Wildman–Crippen MR) is 99.8 cm³/mol. The van der Waals surface area contributed by atoms with Gasteiger partial charge in [-0.3, -0.25) is 9.69 Å². The number of alkyl halides is 6. The quantitative estimate of drug-likeness (QED) is 0.501. The number of halogens is 6. The normalized spacial score (nSPS) is 21.6. The number of hydrogen-bond donors (Lipinski definition) is 1. The third-order valence-electron chi connectivity index (χ3n) is 6.02. The van der Waals surface area contributed by atoms with Crippen molar-refractivity contribution in [3.8, 4) is 0 Å². The third kappa shape index (κ3) is 6.36. The van der Waals surface area contributed by atoms with Gasteiger partial charge >= 0.3 is 18.3 Å². The first-order valence-corrected chi connectivity index (χ1v) is 10.1. The van der Waals surface area contributed by atoms with Crippen LogP contribution >= 0.6 is 0 Å². The molecule has 1 aliphatic carbocycles. The first-order valence-electron chi connectivity index (χ1n) is 10.1. The molecule has 0 aliphatic heterocycles. The molecule has 1 fully saturated rings. The smallest absolute Gasteiger partial charge is 0.416 e. The number of benzene rings is 1. The number of nitrogens with zero attached hydrogens (tertiary/aromatic N) is 1. The van der Waals surface area contributed by atoms with E-state index in [1.165, 1.54) is 0 Å². The largest absolute Gasteiger partial charge is 0.481 e. The van der Waals surface area contributed by atoms with Gasteiger partial charge in [0.1, 0.15) is 0 Å². The van der Waals surface area contributed by atoms with E-state index >= 15 is 0 Å². The average molecular weight is 439 g/mol. The molecule has 1 N–H and O–H groups in total. The van der Waals surface area contributed by atoms with Crippen molar-refractivity contribution in [1.82, 2.24) is 4.90 Å². The highest BCUT2D eigenvalue weighted by Crippen LogP contribution is 2.39. The zero-order chi connectivity index (χ0) is 22.7. The number of carboxylic acid groups (broad SMARTS) is 1. The van der Waals surface area contributed by atoms with E-state index in [0.717, 1.165) is 37.8 Å². The number of rotatable bonds is 7. The zero-order valence-electron chi connectivity index (χ0n) is 17.0. The van der Waals surface area contributed by atoms with E-state index in [2.05, 4.69) is 0 Å². The van der Waals surface area contributed by atoms with Crippen LogP contribution in [0.5, 0.6) is 0 Å². The molecule has 2 rings (SSSR count). The van der Waals surface area contributed by atoms with Crippen molar-refractivity contribution in [1.29, 1.82) is 0 Å². The summed E-state index contributed by atoms with van der Waals surface area (Å²) in [4.78, 5) is 13.0. The summed E-state index contributed by atoms with van der Waals surface area (Å²) in [5, 5.41) is 9.15. The van der Waals surface area contributed by atoms with Crippen molar-refractivity contribution in [3.05, 3.63) is 34.9 Å². The Kier molecular flexibility index (Phi) is 7.82. The van der Waals surface area contributed by atoms with Crippen LogP contribution in [-0.4, -0.2) is 29.1 Å². The van der Waals surface area contributed by atoms with E-state index in [1.54, 1.807) is 13.8 Å². The van der Waals surface area contributed by atoms with Crippen LogP contribution in [0.1, 0.15) is 68.7 Å². The van der Waals surface area contributed by atoms with Crippen molar-refractivity contribution in [2.24, 2.45) is 11.8 Å². The van der Waals surface area contributed by atoms with Crippen LogP contribution in [0.2, 0.25) is 0 Å². The van der Waals surface area contributed by atoms with E-state index < -0.39 is 35.5 Å². The summed E-state index contributed by atoms with van der Waals surface area (Å²) in [5.74, 6) is -0.884. The Balaban J connectivity index is 2.31. The Hall–Kier alpha value is -1.77. The topological polar surface area (TPSA) is 40.5 Å². The highest BCUT2D eigenvalue weighted by atomic mass is 19.4.